The van der Waals surface area contributed by atoms with Gasteiger partial charge in [-0.3, -0.25) is 25.2 Å². The van der Waals surface area contributed by atoms with Crippen molar-refractivity contribution in [3.05, 3.63) is 100 Å². The zero-order chi connectivity index (χ0) is 25.4. The van der Waals surface area contributed by atoms with Crippen molar-refractivity contribution < 1.29 is 19.1 Å². The van der Waals surface area contributed by atoms with E-state index in [0.717, 1.165) is 16.7 Å². The molecular formula is C27H28ClN3O4. The van der Waals surface area contributed by atoms with Gasteiger partial charge in [0, 0.05) is 0 Å². The van der Waals surface area contributed by atoms with Crippen molar-refractivity contribution >= 4 is 29.3 Å². The number of benzene rings is 3. The fraction of sp³-hybridized carbons (Fsp3) is 0.222. The van der Waals surface area contributed by atoms with Gasteiger partial charge in [-0.25, -0.2) is 0 Å². The molecule has 2 unspecified atom stereocenters. The van der Waals surface area contributed by atoms with E-state index >= 15 is 0 Å². The molecule has 3 aromatic carbocycles. The minimum Gasteiger partial charge on any atom is -0.481 e. The van der Waals surface area contributed by atoms with E-state index < -0.39 is 29.9 Å². The first-order chi connectivity index (χ1) is 16.8. The van der Waals surface area contributed by atoms with Crippen LogP contribution in [0.2, 0.25) is 5.02 Å². The maximum atomic E-state index is 12.8. The second kappa shape index (κ2) is 12.0. The number of hydrogen-bond acceptors (Lipinski definition) is 4. The van der Waals surface area contributed by atoms with Crippen LogP contribution in [0.1, 0.15) is 46.4 Å². The average molecular weight is 494 g/mol. The Morgan fingerprint density at radius 2 is 1.57 bits per heavy atom. The van der Waals surface area contributed by atoms with Crippen molar-refractivity contribution in [3.8, 4) is 5.75 Å². The second-order valence-electron chi connectivity index (χ2n) is 8.12. The molecule has 0 spiro atoms. The summed E-state index contributed by atoms with van der Waals surface area (Å²) in [5, 5.41) is 3.17. The van der Waals surface area contributed by atoms with E-state index in [1.54, 1.807) is 37.3 Å². The molecule has 8 heteroatoms. The zero-order valence-corrected chi connectivity index (χ0v) is 20.6. The van der Waals surface area contributed by atoms with Gasteiger partial charge in [0.1, 0.15) is 5.75 Å². The predicted octanol–water partition coefficient (Wildman–Crippen LogP) is 4.43. The molecule has 35 heavy (non-hydrogen) atoms. The molecule has 0 aliphatic heterocycles. The smallest absolute Gasteiger partial charge is 0.279 e. The Kier molecular flexibility index (Phi) is 8.86. The first kappa shape index (κ1) is 25.8. The second-order valence-corrected chi connectivity index (χ2v) is 8.52. The van der Waals surface area contributed by atoms with Crippen LogP contribution in [-0.4, -0.2) is 23.8 Å². The van der Waals surface area contributed by atoms with E-state index in [4.69, 9.17) is 16.3 Å². The van der Waals surface area contributed by atoms with E-state index in [9.17, 15) is 14.4 Å². The van der Waals surface area contributed by atoms with E-state index in [-0.39, 0.29) is 6.42 Å². The molecule has 0 aromatic heterocycles. The number of nitrogens with one attached hydrogen (secondary N) is 3. The average Bonchev–Trinajstić information content (AvgIpc) is 2.85. The lowest BCUT2D eigenvalue weighted by Gasteiger charge is -2.20. The number of halogens is 1. The topological polar surface area (TPSA) is 96.5 Å². The standard InChI is InChI=1S/C27H28ClN3O4/c1-17-10-9-15-24(18(17)2)35-19(3)26(33)31-30-25(32)16-23(20-11-5-4-6-12-20)29-27(34)21-13-7-8-14-22(21)28/h4-15,19,23H,16H2,1-3H3,(H,29,34)(H,30,32)(H,31,33). The van der Waals surface area contributed by atoms with Gasteiger partial charge < -0.3 is 10.1 Å². The van der Waals surface area contributed by atoms with Crippen LogP contribution in [0, 0.1) is 13.8 Å². The first-order valence-corrected chi connectivity index (χ1v) is 11.6. The van der Waals surface area contributed by atoms with Crippen LogP contribution in [0.15, 0.2) is 72.8 Å². The summed E-state index contributed by atoms with van der Waals surface area (Å²) in [5.41, 5.74) is 7.83. The van der Waals surface area contributed by atoms with E-state index in [0.29, 0.717) is 16.3 Å². The Morgan fingerprint density at radius 1 is 0.886 bits per heavy atom. The molecule has 3 N–H and O–H groups in total. The fourth-order valence-corrected chi connectivity index (χ4v) is 3.61. The normalized spacial score (nSPS) is 12.2. The van der Waals surface area contributed by atoms with Crippen molar-refractivity contribution in [2.45, 2.75) is 39.3 Å². The molecule has 0 radical (unpaired) electrons. The molecule has 7 nitrogen and oxygen atoms in total. The van der Waals surface area contributed by atoms with E-state index in [1.165, 1.54) is 0 Å². The van der Waals surface area contributed by atoms with Gasteiger partial charge in [-0.05, 0) is 55.7 Å². The lowest BCUT2D eigenvalue weighted by atomic mass is 10.0. The Balaban J connectivity index is 1.61. The first-order valence-electron chi connectivity index (χ1n) is 11.2. The van der Waals surface area contributed by atoms with Crippen LogP contribution in [0.5, 0.6) is 5.75 Å². The Bertz CT molecular complexity index is 1200. The van der Waals surface area contributed by atoms with Gasteiger partial charge >= 0.3 is 0 Å². The summed E-state index contributed by atoms with van der Waals surface area (Å²) >= 11 is 6.15. The van der Waals surface area contributed by atoms with Crippen LogP contribution < -0.4 is 20.9 Å². The highest BCUT2D eigenvalue weighted by Gasteiger charge is 2.22. The van der Waals surface area contributed by atoms with Gasteiger partial charge in [0.25, 0.3) is 11.8 Å². The summed E-state index contributed by atoms with van der Waals surface area (Å²) < 4.78 is 5.75. The summed E-state index contributed by atoms with van der Waals surface area (Å²) in [7, 11) is 0. The van der Waals surface area contributed by atoms with Crippen LogP contribution in [0.3, 0.4) is 0 Å². The predicted molar refractivity (Wildman–Crippen MR) is 135 cm³/mol. The molecule has 3 aromatic rings. The Morgan fingerprint density at radius 3 is 2.29 bits per heavy atom. The van der Waals surface area contributed by atoms with Crippen LogP contribution in [0.4, 0.5) is 0 Å². The van der Waals surface area contributed by atoms with Crippen molar-refractivity contribution in [2.75, 3.05) is 0 Å². The quantitative estimate of drug-likeness (QED) is 0.404. The van der Waals surface area contributed by atoms with E-state index in [1.807, 2.05) is 56.3 Å². The van der Waals surface area contributed by atoms with Crippen LogP contribution in [-0.2, 0) is 9.59 Å². The third kappa shape index (κ3) is 7.07. The zero-order valence-electron chi connectivity index (χ0n) is 19.8. The van der Waals surface area contributed by atoms with Crippen LogP contribution >= 0.6 is 11.6 Å². The number of carbonyl (C=O) groups excluding carboxylic acids is 3. The maximum Gasteiger partial charge on any atom is 0.279 e. The van der Waals surface area contributed by atoms with Crippen molar-refractivity contribution in [3.63, 3.8) is 0 Å². The fourth-order valence-electron chi connectivity index (χ4n) is 3.38. The third-order valence-corrected chi connectivity index (χ3v) is 5.90. The monoisotopic (exact) mass is 493 g/mol. The van der Waals surface area contributed by atoms with Gasteiger partial charge in [0.2, 0.25) is 5.91 Å². The number of amides is 3. The number of aryl methyl sites for hydroxylation is 1. The molecule has 0 saturated heterocycles. The molecule has 182 valence electrons. The molecular weight excluding hydrogens is 466 g/mol. The summed E-state index contributed by atoms with van der Waals surface area (Å²) in [4.78, 5) is 37.9. The van der Waals surface area contributed by atoms with Gasteiger partial charge in [0.05, 0.1) is 23.0 Å². The van der Waals surface area contributed by atoms with Crippen molar-refractivity contribution in [1.82, 2.24) is 16.2 Å². The number of hydrogen-bond donors (Lipinski definition) is 3. The lowest BCUT2D eigenvalue weighted by Crippen LogP contribution is -2.48. The Labute approximate surface area is 209 Å². The number of carbonyl (C=O) groups is 3. The lowest BCUT2D eigenvalue weighted by molar-refractivity contribution is -0.132. The maximum absolute atomic E-state index is 12.8. The van der Waals surface area contributed by atoms with E-state index in [2.05, 4.69) is 16.2 Å². The number of ether oxygens (including phenoxy) is 1. The van der Waals surface area contributed by atoms with Crippen molar-refractivity contribution in [2.24, 2.45) is 0 Å². The molecule has 3 amide bonds. The minimum atomic E-state index is -0.833. The highest BCUT2D eigenvalue weighted by Crippen LogP contribution is 2.22. The largest absolute Gasteiger partial charge is 0.481 e. The highest BCUT2D eigenvalue weighted by atomic mass is 35.5. The van der Waals surface area contributed by atoms with Crippen molar-refractivity contribution in [1.29, 1.82) is 0 Å². The Hall–Kier alpha value is -3.84. The summed E-state index contributed by atoms with van der Waals surface area (Å²) in [6.07, 6.45) is -0.937. The molecule has 0 saturated carbocycles. The molecule has 0 heterocycles. The molecule has 3 rings (SSSR count). The van der Waals surface area contributed by atoms with Gasteiger partial charge in [-0.15, -0.1) is 0 Å². The van der Waals surface area contributed by atoms with Crippen LogP contribution in [0.25, 0.3) is 0 Å². The molecule has 0 aliphatic rings. The third-order valence-electron chi connectivity index (χ3n) is 5.57. The minimum absolute atomic E-state index is 0.104. The van der Waals surface area contributed by atoms with Gasteiger partial charge in [-0.1, -0.05) is 66.2 Å². The molecule has 0 fully saturated rings. The van der Waals surface area contributed by atoms with Gasteiger partial charge in [0.15, 0.2) is 6.10 Å². The number of rotatable bonds is 8. The molecule has 0 bridgehead atoms. The summed E-state index contributed by atoms with van der Waals surface area (Å²) in [6, 6.07) is 20.7. The highest BCUT2D eigenvalue weighted by molar-refractivity contribution is 6.33. The molecule has 0 aliphatic carbocycles. The number of hydrazine groups is 1. The summed E-state index contributed by atoms with van der Waals surface area (Å²) in [6.45, 7) is 5.47. The summed E-state index contributed by atoms with van der Waals surface area (Å²) in [5.74, 6) is -0.788. The SMILES string of the molecule is Cc1cccc(OC(C)C(=O)NNC(=O)CC(NC(=O)c2ccccc2Cl)c2ccccc2)c1C. The molecule has 2 atom stereocenters. The van der Waals surface area contributed by atoms with Gasteiger partial charge in [-0.2, -0.15) is 0 Å².